The quantitative estimate of drug-likeness (QED) is 0.583. The Morgan fingerprint density at radius 3 is 2.55 bits per heavy atom. The van der Waals surface area contributed by atoms with E-state index in [2.05, 4.69) is 32.4 Å². The van der Waals surface area contributed by atoms with E-state index in [0.29, 0.717) is 24.7 Å². The molecule has 0 radical (unpaired) electrons. The van der Waals surface area contributed by atoms with Crippen LogP contribution in [0.25, 0.3) is 10.9 Å². The van der Waals surface area contributed by atoms with Crippen LogP contribution in [-0.2, 0) is 10.0 Å². The zero-order valence-electron chi connectivity index (χ0n) is 17.9. The molecule has 4 rings (SSSR count). The fourth-order valence-electron chi connectivity index (χ4n) is 3.55. The zero-order chi connectivity index (χ0) is 21.8. The molecule has 2 aromatic carbocycles. The van der Waals surface area contributed by atoms with Crippen molar-refractivity contribution in [3.63, 3.8) is 0 Å². The molecule has 2 N–H and O–H groups in total. The molecule has 0 bridgehead atoms. The van der Waals surface area contributed by atoms with E-state index in [1.54, 1.807) is 22.5 Å². The predicted molar refractivity (Wildman–Crippen MR) is 124 cm³/mol. The Morgan fingerprint density at radius 1 is 1.00 bits per heavy atom. The van der Waals surface area contributed by atoms with E-state index >= 15 is 0 Å². The van der Waals surface area contributed by atoms with Gasteiger partial charge in [-0.2, -0.15) is 9.29 Å². The Balaban J connectivity index is 1.61. The van der Waals surface area contributed by atoms with Gasteiger partial charge in [0, 0.05) is 43.8 Å². The number of fused-ring (bicyclic) bond motifs is 1. The highest BCUT2D eigenvalue weighted by molar-refractivity contribution is 7.89. The lowest BCUT2D eigenvalue weighted by atomic mass is 10.2. The summed E-state index contributed by atoms with van der Waals surface area (Å²) in [4.78, 5) is 11.6. The molecule has 0 atom stereocenters. The van der Waals surface area contributed by atoms with Gasteiger partial charge in [-0.25, -0.2) is 13.4 Å². The number of piperazine rings is 1. The van der Waals surface area contributed by atoms with Crippen molar-refractivity contribution in [1.29, 1.82) is 0 Å². The maximum atomic E-state index is 13.1. The van der Waals surface area contributed by atoms with Gasteiger partial charge in [-0.1, -0.05) is 25.1 Å². The minimum absolute atomic E-state index is 0.271. The third kappa shape index (κ3) is 4.79. The van der Waals surface area contributed by atoms with Gasteiger partial charge in [0.25, 0.3) is 0 Å². The molecule has 0 unspecified atom stereocenters. The van der Waals surface area contributed by atoms with Gasteiger partial charge in [-0.05, 0) is 43.8 Å². The van der Waals surface area contributed by atoms with E-state index in [9.17, 15) is 8.42 Å². The Kier molecular flexibility index (Phi) is 6.35. The standard InChI is InChI=1S/C22H28N6O2S/c1-3-11-23-21-19-9-4-5-10-20(19)25-22(26-21)24-17-7-6-8-18(16-17)31(29,30)28-14-12-27(2)13-15-28/h4-10,16H,3,11-15H2,1-2H3,(H2,23,24,25,26). The van der Waals surface area contributed by atoms with Crippen molar-refractivity contribution >= 4 is 38.4 Å². The molecular formula is C22H28N6O2S. The molecule has 1 fully saturated rings. The molecule has 0 saturated carbocycles. The lowest BCUT2D eigenvalue weighted by molar-refractivity contribution is 0.222. The summed E-state index contributed by atoms with van der Waals surface area (Å²) >= 11 is 0. The van der Waals surface area contributed by atoms with Crippen LogP contribution in [0.1, 0.15) is 13.3 Å². The first-order chi connectivity index (χ1) is 15.0. The zero-order valence-corrected chi connectivity index (χ0v) is 18.7. The Hall–Kier alpha value is -2.75. The van der Waals surface area contributed by atoms with Crippen LogP contribution in [0.15, 0.2) is 53.4 Å². The summed E-state index contributed by atoms with van der Waals surface area (Å²) in [5.41, 5.74) is 1.45. The van der Waals surface area contributed by atoms with Crippen molar-refractivity contribution in [3.8, 4) is 0 Å². The summed E-state index contributed by atoms with van der Waals surface area (Å²) in [6, 6.07) is 14.7. The van der Waals surface area contributed by atoms with E-state index in [0.717, 1.165) is 42.8 Å². The number of para-hydroxylation sites is 1. The molecule has 1 aliphatic heterocycles. The van der Waals surface area contributed by atoms with Crippen LogP contribution in [-0.4, -0.2) is 67.4 Å². The summed E-state index contributed by atoms with van der Waals surface area (Å²) in [6.45, 7) is 5.36. The molecule has 3 aromatic rings. The molecule has 2 heterocycles. The Labute approximate surface area is 183 Å². The van der Waals surface area contributed by atoms with Crippen molar-refractivity contribution in [2.24, 2.45) is 0 Å². The lowest BCUT2D eigenvalue weighted by Crippen LogP contribution is -2.47. The second-order valence-corrected chi connectivity index (χ2v) is 9.64. The molecule has 8 nitrogen and oxygen atoms in total. The average Bonchev–Trinajstić information content (AvgIpc) is 2.78. The highest BCUT2D eigenvalue weighted by atomic mass is 32.2. The second-order valence-electron chi connectivity index (χ2n) is 7.70. The van der Waals surface area contributed by atoms with Crippen LogP contribution in [0.3, 0.4) is 0 Å². The number of rotatable bonds is 7. The maximum absolute atomic E-state index is 13.1. The van der Waals surface area contributed by atoms with Crippen LogP contribution in [0.2, 0.25) is 0 Å². The summed E-state index contributed by atoms with van der Waals surface area (Å²) in [6.07, 6.45) is 0.979. The lowest BCUT2D eigenvalue weighted by Gasteiger charge is -2.31. The third-order valence-corrected chi connectivity index (χ3v) is 7.23. The van der Waals surface area contributed by atoms with Crippen LogP contribution in [0, 0.1) is 0 Å². The summed E-state index contributed by atoms with van der Waals surface area (Å²) < 4.78 is 27.7. The molecule has 31 heavy (non-hydrogen) atoms. The van der Waals surface area contributed by atoms with E-state index < -0.39 is 10.0 Å². The van der Waals surface area contributed by atoms with Crippen molar-refractivity contribution < 1.29 is 8.42 Å². The van der Waals surface area contributed by atoms with Gasteiger partial charge in [0.05, 0.1) is 10.4 Å². The highest BCUT2D eigenvalue weighted by Gasteiger charge is 2.27. The van der Waals surface area contributed by atoms with E-state index in [4.69, 9.17) is 0 Å². The van der Waals surface area contributed by atoms with Crippen molar-refractivity contribution in [2.45, 2.75) is 18.2 Å². The smallest absolute Gasteiger partial charge is 0.243 e. The molecule has 0 aliphatic carbocycles. The number of benzene rings is 2. The van der Waals surface area contributed by atoms with E-state index in [1.165, 1.54) is 0 Å². The predicted octanol–water partition coefficient (Wildman–Crippen LogP) is 3.13. The highest BCUT2D eigenvalue weighted by Crippen LogP contribution is 2.25. The molecule has 1 saturated heterocycles. The molecule has 9 heteroatoms. The number of hydrogen-bond acceptors (Lipinski definition) is 7. The van der Waals surface area contributed by atoms with Gasteiger partial charge in [0.1, 0.15) is 5.82 Å². The minimum atomic E-state index is -3.54. The summed E-state index contributed by atoms with van der Waals surface area (Å²) in [7, 11) is -1.54. The van der Waals surface area contributed by atoms with Gasteiger partial charge in [-0.3, -0.25) is 0 Å². The first kappa shape index (κ1) is 21.5. The molecule has 1 aromatic heterocycles. The van der Waals surface area contributed by atoms with Gasteiger partial charge in [0.15, 0.2) is 0 Å². The van der Waals surface area contributed by atoms with Crippen LogP contribution >= 0.6 is 0 Å². The van der Waals surface area contributed by atoms with Crippen molar-refractivity contribution in [3.05, 3.63) is 48.5 Å². The topological polar surface area (TPSA) is 90.5 Å². The first-order valence-corrected chi connectivity index (χ1v) is 12.0. The first-order valence-electron chi connectivity index (χ1n) is 10.5. The monoisotopic (exact) mass is 440 g/mol. The van der Waals surface area contributed by atoms with Gasteiger partial charge in [0.2, 0.25) is 16.0 Å². The van der Waals surface area contributed by atoms with Crippen molar-refractivity contribution in [2.75, 3.05) is 50.4 Å². The maximum Gasteiger partial charge on any atom is 0.243 e. The summed E-state index contributed by atoms with van der Waals surface area (Å²) in [5.74, 6) is 1.18. The molecule has 1 aliphatic rings. The van der Waals surface area contributed by atoms with Gasteiger partial charge >= 0.3 is 0 Å². The van der Waals surface area contributed by atoms with Gasteiger partial charge in [-0.15, -0.1) is 0 Å². The fourth-order valence-corrected chi connectivity index (χ4v) is 5.02. The summed E-state index contributed by atoms with van der Waals surface area (Å²) in [5, 5.41) is 7.48. The Morgan fingerprint density at radius 2 is 1.77 bits per heavy atom. The normalized spacial score (nSPS) is 15.8. The third-order valence-electron chi connectivity index (χ3n) is 5.34. The number of hydrogen-bond donors (Lipinski definition) is 2. The largest absolute Gasteiger partial charge is 0.369 e. The second kappa shape index (κ2) is 9.17. The number of anilines is 3. The van der Waals surface area contributed by atoms with E-state index in [-0.39, 0.29) is 4.90 Å². The number of aromatic nitrogens is 2. The number of nitrogens with zero attached hydrogens (tertiary/aromatic N) is 4. The number of likely N-dealkylation sites (N-methyl/N-ethyl adjacent to an activating group) is 1. The van der Waals surface area contributed by atoms with Crippen LogP contribution in [0.4, 0.5) is 17.5 Å². The Bertz CT molecular complexity index is 1160. The fraction of sp³-hybridized carbons (Fsp3) is 0.364. The van der Waals surface area contributed by atoms with Crippen molar-refractivity contribution in [1.82, 2.24) is 19.2 Å². The average molecular weight is 441 g/mol. The minimum Gasteiger partial charge on any atom is -0.369 e. The molecular weight excluding hydrogens is 412 g/mol. The number of sulfonamides is 1. The van der Waals surface area contributed by atoms with Crippen LogP contribution in [0.5, 0.6) is 0 Å². The SMILES string of the molecule is CCCNc1nc(Nc2cccc(S(=O)(=O)N3CCN(C)CC3)c2)nc2ccccc12. The van der Waals surface area contributed by atoms with E-state index in [1.807, 2.05) is 37.4 Å². The molecule has 0 amide bonds. The van der Waals surface area contributed by atoms with Crippen LogP contribution < -0.4 is 10.6 Å². The number of nitrogens with one attached hydrogen (secondary N) is 2. The van der Waals surface area contributed by atoms with Gasteiger partial charge < -0.3 is 15.5 Å². The molecule has 0 spiro atoms. The molecule has 164 valence electrons.